The molecule has 0 saturated carbocycles. The first-order chi connectivity index (χ1) is 9.96. The van der Waals surface area contributed by atoms with Crippen molar-refractivity contribution in [3.63, 3.8) is 0 Å². The van der Waals surface area contributed by atoms with Crippen molar-refractivity contribution in [1.29, 1.82) is 0 Å². The van der Waals surface area contributed by atoms with Crippen LogP contribution in [0.4, 0.5) is 0 Å². The molecule has 5 heteroatoms. The van der Waals surface area contributed by atoms with Crippen molar-refractivity contribution in [1.82, 2.24) is 4.90 Å². The lowest BCUT2D eigenvalue weighted by molar-refractivity contribution is -0.151. The molecule has 1 aromatic rings. The zero-order valence-electron chi connectivity index (χ0n) is 13.1. The smallest absolute Gasteiger partial charge is 0.309 e. The summed E-state index contributed by atoms with van der Waals surface area (Å²) in [5.41, 5.74) is 2.20. The van der Waals surface area contributed by atoms with Gasteiger partial charge in [0, 0.05) is 6.54 Å². The van der Waals surface area contributed by atoms with Gasteiger partial charge in [0.1, 0.15) is 0 Å². The number of carbonyl (C=O) groups is 2. The van der Waals surface area contributed by atoms with E-state index in [0.29, 0.717) is 6.42 Å². The van der Waals surface area contributed by atoms with Crippen LogP contribution in [-0.2, 0) is 32.0 Å². The lowest BCUT2D eigenvalue weighted by Crippen LogP contribution is -2.22. The van der Waals surface area contributed by atoms with Crippen LogP contribution in [0.15, 0.2) is 24.3 Å². The second-order valence-electron chi connectivity index (χ2n) is 5.26. The van der Waals surface area contributed by atoms with E-state index in [-0.39, 0.29) is 6.42 Å². The van der Waals surface area contributed by atoms with Gasteiger partial charge < -0.3 is 14.4 Å². The van der Waals surface area contributed by atoms with E-state index in [1.54, 1.807) is 0 Å². The highest BCUT2D eigenvalue weighted by Crippen LogP contribution is 2.16. The van der Waals surface area contributed by atoms with Gasteiger partial charge >= 0.3 is 11.9 Å². The molecule has 0 fully saturated rings. The number of hydrogen-bond acceptors (Lipinski definition) is 5. The van der Waals surface area contributed by atoms with Gasteiger partial charge in [0.15, 0.2) is 0 Å². The van der Waals surface area contributed by atoms with Gasteiger partial charge in [0.05, 0.1) is 26.6 Å². The summed E-state index contributed by atoms with van der Waals surface area (Å²) in [5, 5.41) is 0. The standard InChI is InChI=1S/C16H23NO4/c1-17(2)11-13-7-5-12(6-8-13)9-14(16(19)21-4)10-15(18)20-3/h5-8,14H,9-11H2,1-4H3. The summed E-state index contributed by atoms with van der Waals surface area (Å²) < 4.78 is 9.38. The van der Waals surface area contributed by atoms with Crippen LogP contribution in [-0.4, -0.2) is 45.2 Å². The number of hydrogen-bond donors (Lipinski definition) is 0. The summed E-state index contributed by atoms with van der Waals surface area (Å²) >= 11 is 0. The van der Waals surface area contributed by atoms with Crippen LogP contribution in [0.5, 0.6) is 0 Å². The number of methoxy groups -OCH3 is 2. The molecule has 0 amide bonds. The Kier molecular flexibility index (Phi) is 6.88. The third-order valence-electron chi connectivity index (χ3n) is 3.18. The summed E-state index contributed by atoms with van der Waals surface area (Å²) in [4.78, 5) is 25.2. The monoisotopic (exact) mass is 293 g/mol. The SMILES string of the molecule is COC(=O)CC(Cc1ccc(CN(C)C)cc1)C(=O)OC. The van der Waals surface area contributed by atoms with Crippen LogP contribution in [0.25, 0.3) is 0 Å². The lowest BCUT2D eigenvalue weighted by atomic mass is 9.95. The molecule has 5 nitrogen and oxygen atoms in total. The van der Waals surface area contributed by atoms with Crippen molar-refractivity contribution >= 4 is 11.9 Å². The average molecular weight is 293 g/mol. The van der Waals surface area contributed by atoms with Gasteiger partial charge in [0.25, 0.3) is 0 Å². The fourth-order valence-corrected chi connectivity index (χ4v) is 2.12. The molecular formula is C16H23NO4. The van der Waals surface area contributed by atoms with Gasteiger partial charge in [-0.15, -0.1) is 0 Å². The molecule has 21 heavy (non-hydrogen) atoms. The maximum absolute atomic E-state index is 11.7. The molecular weight excluding hydrogens is 270 g/mol. The van der Waals surface area contributed by atoms with Gasteiger partial charge in [-0.2, -0.15) is 0 Å². The van der Waals surface area contributed by atoms with E-state index < -0.39 is 17.9 Å². The number of ether oxygens (including phenoxy) is 2. The van der Waals surface area contributed by atoms with E-state index in [1.165, 1.54) is 19.8 Å². The molecule has 0 aliphatic carbocycles. The van der Waals surface area contributed by atoms with Crippen LogP contribution < -0.4 is 0 Å². The maximum Gasteiger partial charge on any atom is 0.309 e. The Morgan fingerprint density at radius 2 is 1.62 bits per heavy atom. The zero-order valence-corrected chi connectivity index (χ0v) is 13.1. The molecule has 0 aliphatic heterocycles. The topological polar surface area (TPSA) is 55.8 Å². The fourth-order valence-electron chi connectivity index (χ4n) is 2.12. The number of benzene rings is 1. The minimum absolute atomic E-state index is 0.0304. The molecule has 0 N–H and O–H groups in total. The first-order valence-corrected chi connectivity index (χ1v) is 6.83. The fraction of sp³-hybridized carbons (Fsp3) is 0.500. The van der Waals surface area contributed by atoms with Gasteiger partial charge in [-0.25, -0.2) is 0 Å². The van der Waals surface area contributed by atoms with Crippen molar-refractivity contribution in [3.05, 3.63) is 35.4 Å². The Balaban J connectivity index is 2.73. The number of rotatable bonds is 7. The Bertz CT molecular complexity index is 468. The van der Waals surface area contributed by atoms with Crippen LogP contribution in [0, 0.1) is 5.92 Å². The third-order valence-corrected chi connectivity index (χ3v) is 3.18. The van der Waals surface area contributed by atoms with Gasteiger partial charge in [0.2, 0.25) is 0 Å². The Morgan fingerprint density at radius 3 is 2.10 bits per heavy atom. The van der Waals surface area contributed by atoms with E-state index in [1.807, 2.05) is 38.4 Å². The molecule has 1 unspecified atom stereocenters. The largest absolute Gasteiger partial charge is 0.469 e. The third kappa shape index (κ3) is 5.95. The van der Waals surface area contributed by atoms with E-state index >= 15 is 0 Å². The molecule has 1 rings (SSSR count). The highest BCUT2D eigenvalue weighted by atomic mass is 16.5. The summed E-state index contributed by atoms with van der Waals surface area (Å²) in [6, 6.07) is 8.02. The summed E-state index contributed by atoms with van der Waals surface area (Å²) in [5.74, 6) is -1.31. The van der Waals surface area contributed by atoms with Crippen LogP contribution in [0.1, 0.15) is 17.5 Å². The molecule has 0 heterocycles. The minimum atomic E-state index is -0.512. The average Bonchev–Trinajstić information content (AvgIpc) is 2.46. The Morgan fingerprint density at radius 1 is 1.05 bits per heavy atom. The highest BCUT2D eigenvalue weighted by Gasteiger charge is 2.23. The highest BCUT2D eigenvalue weighted by molar-refractivity contribution is 5.80. The van der Waals surface area contributed by atoms with Gasteiger partial charge in [-0.1, -0.05) is 24.3 Å². The molecule has 0 aromatic heterocycles. The number of esters is 2. The minimum Gasteiger partial charge on any atom is -0.469 e. The second kappa shape index (κ2) is 8.42. The predicted molar refractivity (Wildman–Crippen MR) is 79.7 cm³/mol. The summed E-state index contributed by atoms with van der Waals surface area (Å²) in [6.45, 7) is 0.864. The normalized spacial score (nSPS) is 12.0. The summed E-state index contributed by atoms with van der Waals surface area (Å²) in [6.07, 6.45) is 0.493. The van der Waals surface area contributed by atoms with Crippen molar-refractivity contribution in [2.24, 2.45) is 5.92 Å². The van der Waals surface area contributed by atoms with Gasteiger partial charge in [-0.3, -0.25) is 9.59 Å². The molecule has 0 spiro atoms. The van der Waals surface area contributed by atoms with Crippen LogP contribution >= 0.6 is 0 Å². The number of nitrogens with zero attached hydrogens (tertiary/aromatic N) is 1. The Hall–Kier alpha value is -1.88. The van der Waals surface area contributed by atoms with Crippen molar-refractivity contribution in [2.45, 2.75) is 19.4 Å². The van der Waals surface area contributed by atoms with E-state index in [4.69, 9.17) is 4.74 Å². The predicted octanol–water partition coefficient (Wildman–Crippen LogP) is 1.64. The molecule has 0 radical (unpaired) electrons. The zero-order chi connectivity index (χ0) is 15.8. The molecule has 0 aliphatic rings. The quantitative estimate of drug-likeness (QED) is 0.715. The lowest BCUT2D eigenvalue weighted by Gasteiger charge is -2.14. The number of carbonyl (C=O) groups excluding carboxylic acids is 2. The molecule has 0 saturated heterocycles. The molecule has 1 aromatic carbocycles. The van der Waals surface area contributed by atoms with E-state index in [2.05, 4.69) is 9.64 Å². The Labute approximate surface area is 125 Å². The van der Waals surface area contributed by atoms with E-state index in [9.17, 15) is 9.59 Å². The van der Waals surface area contributed by atoms with Gasteiger partial charge in [-0.05, 0) is 31.6 Å². The van der Waals surface area contributed by atoms with Crippen molar-refractivity contribution < 1.29 is 19.1 Å². The van der Waals surface area contributed by atoms with Crippen molar-refractivity contribution in [3.8, 4) is 0 Å². The first-order valence-electron chi connectivity index (χ1n) is 6.83. The molecule has 1 atom stereocenters. The van der Waals surface area contributed by atoms with Crippen LogP contribution in [0.2, 0.25) is 0 Å². The summed E-state index contributed by atoms with van der Waals surface area (Å²) in [7, 11) is 6.66. The van der Waals surface area contributed by atoms with Crippen LogP contribution in [0.3, 0.4) is 0 Å². The first kappa shape index (κ1) is 17.2. The van der Waals surface area contributed by atoms with Crippen molar-refractivity contribution in [2.75, 3.05) is 28.3 Å². The van der Waals surface area contributed by atoms with E-state index in [0.717, 1.165) is 12.1 Å². The second-order valence-corrected chi connectivity index (χ2v) is 5.26. The molecule has 116 valence electrons. The maximum atomic E-state index is 11.7. The molecule has 0 bridgehead atoms.